The summed E-state index contributed by atoms with van der Waals surface area (Å²) in [5, 5.41) is 0. The molecule has 2 aliphatic rings. The zero-order chi connectivity index (χ0) is 10.7. The molecule has 88 valence electrons. The Morgan fingerprint density at radius 1 is 0.867 bits per heavy atom. The molecule has 0 bridgehead atoms. The van der Waals surface area contributed by atoms with Crippen molar-refractivity contribution in [2.75, 3.05) is 0 Å². The van der Waals surface area contributed by atoms with Gasteiger partial charge in [0, 0.05) is 6.04 Å². The Labute approximate surface area is 94.8 Å². The third kappa shape index (κ3) is 2.96. The molecule has 0 aromatic rings. The first kappa shape index (κ1) is 11.4. The van der Waals surface area contributed by atoms with Crippen molar-refractivity contribution in [3.05, 3.63) is 0 Å². The maximum absolute atomic E-state index is 6.36. The smallest absolute Gasteiger partial charge is 0.00698 e. The van der Waals surface area contributed by atoms with E-state index in [1.807, 2.05) is 0 Å². The SMILES string of the molecule is CC1CCCC(C2CCCCCC2N)C1. The summed E-state index contributed by atoms with van der Waals surface area (Å²) in [6.45, 7) is 2.42. The molecule has 0 aliphatic heterocycles. The average Bonchev–Trinajstić information content (AvgIpc) is 2.43. The van der Waals surface area contributed by atoms with Crippen LogP contribution in [-0.4, -0.2) is 6.04 Å². The molecule has 0 aromatic carbocycles. The van der Waals surface area contributed by atoms with Gasteiger partial charge in [0.2, 0.25) is 0 Å². The van der Waals surface area contributed by atoms with Gasteiger partial charge in [-0.2, -0.15) is 0 Å². The molecule has 2 fully saturated rings. The molecule has 0 heterocycles. The molecule has 2 rings (SSSR count). The Morgan fingerprint density at radius 3 is 2.47 bits per heavy atom. The van der Waals surface area contributed by atoms with Gasteiger partial charge in [0.25, 0.3) is 0 Å². The lowest BCUT2D eigenvalue weighted by molar-refractivity contribution is 0.173. The second-order valence-corrected chi connectivity index (χ2v) is 6.00. The molecule has 4 unspecified atom stereocenters. The van der Waals surface area contributed by atoms with Crippen LogP contribution in [0.4, 0.5) is 0 Å². The summed E-state index contributed by atoms with van der Waals surface area (Å²) in [5.41, 5.74) is 6.36. The summed E-state index contributed by atoms with van der Waals surface area (Å²) < 4.78 is 0. The highest BCUT2D eigenvalue weighted by Crippen LogP contribution is 2.38. The summed E-state index contributed by atoms with van der Waals surface area (Å²) in [5.74, 6) is 2.77. The van der Waals surface area contributed by atoms with Crippen LogP contribution in [0, 0.1) is 17.8 Å². The van der Waals surface area contributed by atoms with Gasteiger partial charge in [0.05, 0.1) is 0 Å². The monoisotopic (exact) mass is 209 g/mol. The second-order valence-electron chi connectivity index (χ2n) is 6.00. The zero-order valence-electron chi connectivity index (χ0n) is 10.3. The predicted octanol–water partition coefficient (Wildman–Crippen LogP) is 3.72. The first-order valence-electron chi connectivity index (χ1n) is 7.03. The molecule has 2 saturated carbocycles. The van der Waals surface area contributed by atoms with Crippen molar-refractivity contribution in [2.24, 2.45) is 23.5 Å². The van der Waals surface area contributed by atoms with Gasteiger partial charge in [-0.25, -0.2) is 0 Å². The minimum absolute atomic E-state index is 0.516. The fourth-order valence-corrected chi connectivity index (χ4v) is 3.82. The summed E-state index contributed by atoms with van der Waals surface area (Å²) in [6, 6.07) is 0.516. The van der Waals surface area contributed by atoms with E-state index in [0.717, 1.165) is 17.8 Å². The topological polar surface area (TPSA) is 26.0 Å². The Hall–Kier alpha value is -0.0400. The van der Waals surface area contributed by atoms with Crippen LogP contribution in [0.1, 0.15) is 64.7 Å². The Morgan fingerprint density at radius 2 is 1.67 bits per heavy atom. The van der Waals surface area contributed by atoms with Crippen molar-refractivity contribution in [1.29, 1.82) is 0 Å². The van der Waals surface area contributed by atoms with Crippen molar-refractivity contribution in [1.82, 2.24) is 0 Å². The molecule has 1 nitrogen and oxygen atoms in total. The third-order valence-corrected chi connectivity index (χ3v) is 4.71. The molecule has 4 atom stereocenters. The fourth-order valence-electron chi connectivity index (χ4n) is 3.82. The summed E-state index contributed by atoms with van der Waals surface area (Å²) in [4.78, 5) is 0. The largest absolute Gasteiger partial charge is 0.327 e. The number of hydrogen-bond acceptors (Lipinski definition) is 1. The van der Waals surface area contributed by atoms with Crippen molar-refractivity contribution in [3.63, 3.8) is 0 Å². The molecule has 2 aliphatic carbocycles. The lowest BCUT2D eigenvalue weighted by atomic mass is 9.72. The van der Waals surface area contributed by atoms with E-state index in [9.17, 15) is 0 Å². The van der Waals surface area contributed by atoms with E-state index in [4.69, 9.17) is 5.73 Å². The fraction of sp³-hybridized carbons (Fsp3) is 1.00. The normalized spacial score (nSPS) is 43.6. The lowest BCUT2D eigenvalue weighted by Gasteiger charge is -2.35. The van der Waals surface area contributed by atoms with Crippen LogP contribution >= 0.6 is 0 Å². The Balaban J connectivity index is 1.94. The van der Waals surface area contributed by atoms with E-state index in [1.54, 1.807) is 0 Å². The minimum Gasteiger partial charge on any atom is -0.327 e. The van der Waals surface area contributed by atoms with Gasteiger partial charge in [0.15, 0.2) is 0 Å². The Kier molecular flexibility index (Phi) is 4.07. The van der Waals surface area contributed by atoms with Gasteiger partial charge in [-0.3, -0.25) is 0 Å². The highest BCUT2D eigenvalue weighted by atomic mass is 14.7. The van der Waals surface area contributed by atoms with Crippen molar-refractivity contribution in [2.45, 2.75) is 70.8 Å². The molecule has 0 spiro atoms. The third-order valence-electron chi connectivity index (χ3n) is 4.71. The molecule has 0 amide bonds. The van der Waals surface area contributed by atoms with E-state index in [1.165, 1.54) is 57.8 Å². The molecular weight excluding hydrogens is 182 g/mol. The van der Waals surface area contributed by atoms with Gasteiger partial charge in [-0.15, -0.1) is 0 Å². The van der Waals surface area contributed by atoms with Gasteiger partial charge in [0.1, 0.15) is 0 Å². The number of hydrogen-bond donors (Lipinski definition) is 1. The van der Waals surface area contributed by atoms with E-state index >= 15 is 0 Å². The highest BCUT2D eigenvalue weighted by molar-refractivity contribution is 4.85. The van der Waals surface area contributed by atoms with Crippen LogP contribution in [0.5, 0.6) is 0 Å². The molecule has 0 aromatic heterocycles. The quantitative estimate of drug-likeness (QED) is 0.654. The van der Waals surface area contributed by atoms with E-state index in [2.05, 4.69) is 6.92 Å². The molecule has 2 N–H and O–H groups in total. The molecule has 15 heavy (non-hydrogen) atoms. The number of nitrogens with two attached hydrogens (primary N) is 1. The van der Waals surface area contributed by atoms with Crippen LogP contribution in [0.15, 0.2) is 0 Å². The zero-order valence-corrected chi connectivity index (χ0v) is 10.3. The predicted molar refractivity (Wildman–Crippen MR) is 65.7 cm³/mol. The maximum Gasteiger partial charge on any atom is 0.00698 e. The molecule has 0 saturated heterocycles. The number of rotatable bonds is 1. The molecule has 1 heteroatoms. The van der Waals surface area contributed by atoms with Gasteiger partial charge < -0.3 is 5.73 Å². The summed E-state index contributed by atoms with van der Waals surface area (Å²) >= 11 is 0. The summed E-state index contributed by atoms with van der Waals surface area (Å²) in [7, 11) is 0. The van der Waals surface area contributed by atoms with Crippen molar-refractivity contribution in [3.8, 4) is 0 Å². The first-order valence-corrected chi connectivity index (χ1v) is 7.03. The van der Waals surface area contributed by atoms with E-state index < -0.39 is 0 Å². The van der Waals surface area contributed by atoms with E-state index in [-0.39, 0.29) is 0 Å². The van der Waals surface area contributed by atoms with Crippen LogP contribution in [0.2, 0.25) is 0 Å². The highest BCUT2D eigenvalue weighted by Gasteiger charge is 2.31. The first-order chi connectivity index (χ1) is 7.27. The maximum atomic E-state index is 6.36. The van der Waals surface area contributed by atoms with Crippen LogP contribution < -0.4 is 5.73 Å². The molecular formula is C14H27N. The Bertz CT molecular complexity index is 190. The second kappa shape index (κ2) is 5.34. The van der Waals surface area contributed by atoms with Gasteiger partial charge in [-0.1, -0.05) is 45.4 Å². The van der Waals surface area contributed by atoms with Gasteiger partial charge in [-0.05, 0) is 37.0 Å². The van der Waals surface area contributed by atoms with Crippen LogP contribution in [-0.2, 0) is 0 Å². The lowest BCUT2D eigenvalue weighted by Crippen LogP contribution is -2.36. The minimum atomic E-state index is 0.516. The summed E-state index contributed by atoms with van der Waals surface area (Å²) in [6.07, 6.45) is 12.8. The van der Waals surface area contributed by atoms with Crippen LogP contribution in [0.25, 0.3) is 0 Å². The van der Waals surface area contributed by atoms with Crippen molar-refractivity contribution >= 4 is 0 Å². The van der Waals surface area contributed by atoms with E-state index in [0.29, 0.717) is 6.04 Å². The standard InChI is InChI=1S/C14H27N/c1-11-6-5-7-12(10-11)13-8-3-2-4-9-14(13)15/h11-14H,2-10,15H2,1H3. The van der Waals surface area contributed by atoms with Crippen molar-refractivity contribution < 1.29 is 0 Å². The van der Waals surface area contributed by atoms with Gasteiger partial charge >= 0.3 is 0 Å². The van der Waals surface area contributed by atoms with Crippen LogP contribution in [0.3, 0.4) is 0 Å². The molecule has 0 radical (unpaired) electrons. The average molecular weight is 209 g/mol.